The number of nitrogens with one attached hydrogen (secondary N) is 1. The highest BCUT2D eigenvalue weighted by Gasteiger charge is 2.31. The molecule has 1 atom stereocenters. The number of halogens is 1. The Hall–Kier alpha value is -2.16. The van der Waals surface area contributed by atoms with E-state index in [0.29, 0.717) is 5.56 Å². The topological polar surface area (TPSA) is 29.1 Å². The van der Waals surface area contributed by atoms with Crippen LogP contribution in [0.1, 0.15) is 27.5 Å². The molecule has 2 aromatic rings. The largest absolute Gasteiger partial charge is 0.341 e. The number of benzene rings is 2. The third kappa shape index (κ3) is 1.51. The van der Waals surface area contributed by atoms with Crippen LogP contribution in [0.4, 0.5) is 4.39 Å². The van der Waals surface area contributed by atoms with Gasteiger partial charge in [0, 0.05) is 0 Å². The molecule has 0 fully saturated rings. The Labute approximate surface area is 98.1 Å². The van der Waals surface area contributed by atoms with E-state index in [2.05, 4.69) is 5.32 Å². The van der Waals surface area contributed by atoms with Gasteiger partial charge in [-0.05, 0) is 17.2 Å². The standard InChI is InChI=1S/C14H10FNO/c15-11-8-4-7-10-12(11)14(17)16-13(10)9-5-2-1-3-6-9/h1-8,13H,(H,16,17). The second-order valence-electron chi connectivity index (χ2n) is 4.02. The molecule has 0 radical (unpaired) electrons. The summed E-state index contributed by atoms with van der Waals surface area (Å²) in [4.78, 5) is 11.7. The molecule has 84 valence electrons. The Morgan fingerprint density at radius 2 is 1.76 bits per heavy atom. The van der Waals surface area contributed by atoms with Gasteiger partial charge in [0.2, 0.25) is 0 Å². The number of carbonyl (C=O) groups is 1. The highest BCUT2D eigenvalue weighted by atomic mass is 19.1. The van der Waals surface area contributed by atoms with Gasteiger partial charge in [0.15, 0.2) is 0 Å². The molecule has 0 aliphatic carbocycles. The van der Waals surface area contributed by atoms with E-state index in [4.69, 9.17) is 0 Å². The summed E-state index contributed by atoms with van der Waals surface area (Å²) in [6.07, 6.45) is 0. The molecule has 1 unspecified atom stereocenters. The SMILES string of the molecule is O=C1NC(c2ccccc2)c2cccc(F)c21. The molecule has 0 saturated heterocycles. The minimum Gasteiger partial charge on any atom is -0.341 e. The molecule has 1 heterocycles. The summed E-state index contributed by atoms with van der Waals surface area (Å²) in [5.41, 5.74) is 1.84. The summed E-state index contributed by atoms with van der Waals surface area (Å²) < 4.78 is 13.6. The molecular formula is C14H10FNO. The van der Waals surface area contributed by atoms with Crippen molar-refractivity contribution in [2.75, 3.05) is 0 Å². The third-order valence-electron chi connectivity index (χ3n) is 2.99. The van der Waals surface area contributed by atoms with E-state index in [9.17, 15) is 9.18 Å². The van der Waals surface area contributed by atoms with Gasteiger partial charge in [-0.25, -0.2) is 4.39 Å². The van der Waals surface area contributed by atoms with Crippen LogP contribution < -0.4 is 5.32 Å². The lowest BCUT2D eigenvalue weighted by Gasteiger charge is -2.11. The van der Waals surface area contributed by atoms with Crippen LogP contribution in [0.3, 0.4) is 0 Å². The first-order chi connectivity index (χ1) is 8.27. The zero-order valence-electron chi connectivity index (χ0n) is 8.98. The lowest BCUT2D eigenvalue weighted by atomic mass is 9.98. The van der Waals surface area contributed by atoms with Crippen molar-refractivity contribution < 1.29 is 9.18 Å². The molecule has 0 aromatic heterocycles. The maximum atomic E-state index is 13.6. The van der Waals surface area contributed by atoms with Crippen molar-refractivity contribution in [1.82, 2.24) is 5.32 Å². The Balaban J connectivity index is 2.14. The molecular weight excluding hydrogens is 217 g/mol. The van der Waals surface area contributed by atoms with Crippen LogP contribution in [-0.4, -0.2) is 5.91 Å². The monoisotopic (exact) mass is 227 g/mol. The Morgan fingerprint density at radius 1 is 1.00 bits per heavy atom. The molecule has 1 aliphatic heterocycles. The predicted octanol–water partition coefficient (Wildman–Crippen LogP) is 2.66. The number of carbonyl (C=O) groups excluding carboxylic acids is 1. The second-order valence-corrected chi connectivity index (χ2v) is 4.02. The molecule has 3 rings (SSSR count). The third-order valence-corrected chi connectivity index (χ3v) is 2.99. The Kier molecular flexibility index (Phi) is 2.18. The van der Waals surface area contributed by atoms with E-state index in [1.165, 1.54) is 6.07 Å². The average Bonchev–Trinajstić information content (AvgIpc) is 2.69. The van der Waals surface area contributed by atoms with Crippen molar-refractivity contribution in [2.45, 2.75) is 6.04 Å². The van der Waals surface area contributed by atoms with Crippen LogP contribution in [0.25, 0.3) is 0 Å². The van der Waals surface area contributed by atoms with Crippen molar-refractivity contribution in [3.8, 4) is 0 Å². The van der Waals surface area contributed by atoms with Gasteiger partial charge in [0.25, 0.3) is 5.91 Å². The summed E-state index contributed by atoms with van der Waals surface area (Å²) >= 11 is 0. The Bertz CT molecular complexity index is 580. The van der Waals surface area contributed by atoms with Gasteiger partial charge < -0.3 is 5.32 Å². The van der Waals surface area contributed by atoms with Crippen LogP contribution in [0.5, 0.6) is 0 Å². The average molecular weight is 227 g/mol. The van der Waals surface area contributed by atoms with E-state index < -0.39 is 5.82 Å². The van der Waals surface area contributed by atoms with Crippen LogP contribution >= 0.6 is 0 Å². The number of hydrogen-bond donors (Lipinski definition) is 1. The smallest absolute Gasteiger partial charge is 0.255 e. The Morgan fingerprint density at radius 3 is 2.53 bits per heavy atom. The molecule has 0 bridgehead atoms. The van der Waals surface area contributed by atoms with Crippen molar-refractivity contribution in [1.29, 1.82) is 0 Å². The quantitative estimate of drug-likeness (QED) is 0.797. The van der Waals surface area contributed by atoms with E-state index in [1.807, 2.05) is 30.3 Å². The van der Waals surface area contributed by atoms with Gasteiger partial charge in [0.1, 0.15) is 5.82 Å². The maximum absolute atomic E-state index is 13.6. The van der Waals surface area contributed by atoms with Gasteiger partial charge in [-0.3, -0.25) is 4.79 Å². The van der Waals surface area contributed by atoms with Crippen LogP contribution in [-0.2, 0) is 0 Å². The van der Waals surface area contributed by atoms with Crippen LogP contribution in [0.15, 0.2) is 48.5 Å². The first kappa shape index (κ1) is 10.0. The zero-order valence-corrected chi connectivity index (χ0v) is 8.98. The van der Waals surface area contributed by atoms with Gasteiger partial charge in [-0.15, -0.1) is 0 Å². The molecule has 1 N–H and O–H groups in total. The van der Waals surface area contributed by atoms with Crippen molar-refractivity contribution in [2.24, 2.45) is 0 Å². The van der Waals surface area contributed by atoms with Crippen molar-refractivity contribution in [3.05, 3.63) is 71.0 Å². The van der Waals surface area contributed by atoms with Crippen molar-refractivity contribution >= 4 is 5.91 Å². The van der Waals surface area contributed by atoms with Gasteiger partial charge in [0.05, 0.1) is 11.6 Å². The zero-order chi connectivity index (χ0) is 11.8. The highest BCUT2D eigenvalue weighted by Crippen LogP contribution is 2.31. The summed E-state index contributed by atoms with van der Waals surface area (Å²) in [5, 5.41) is 2.80. The normalized spacial score (nSPS) is 17.7. The molecule has 2 nitrogen and oxygen atoms in total. The van der Waals surface area contributed by atoms with E-state index in [-0.39, 0.29) is 17.5 Å². The van der Waals surface area contributed by atoms with E-state index in [0.717, 1.165) is 5.56 Å². The first-order valence-corrected chi connectivity index (χ1v) is 5.41. The van der Waals surface area contributed by atoms with Crippen LogP contribution in [0, 0.1) is 5.82 Å². The maximum Gasteiger partial charge on any atom is 0.255 e. The minimum absolute atomic E-state index is 0.168. The van der Waals surface area contributed by atoms with Gasteiger partial charge >= 0.3 is 0 Å². The van der Waals surface area contributed by atoms with Gasteiger partial charge in [-0.2, -0.15) is 0 Å². The molecule has 1 amide bonds. The molecule has 0 saturated carbocycles. The molecule has 17 heavy (non-hydrogen) atoms. The number of fused-ring (bicyclic) bond motifs is 1. The molecule has 2 aromatic carbocycles. The summed E-state index contributed by atoms with van der Waals surface area (Å²) in [7, 11) is 0. The lowest BCUT2D eigenvalue weighted by Crippen LogP contribution is -2.19. The second kappa shape index (κ2) is 3.70. The van der Waals surface area contributed by atoms with E-state index >= 15 is 0 Å². The fraction of sp³-hybridized carbons (Fsp3) is 0.0714. The van der Waals surface area contributed by atoms with E-state index in [1.54, 1.807) is 12.1 Å². The molecule has 1 aliphatic rings. The molecule has 0 spiro atoms. The number of amides is 1. The first-order valence-electron chi connectivity index (χ1n) is 5.41. The van der Waals surface area contributed by atoms with Crippen molar-refractivity contribution in [3.63, 3.8) is 0 Å². The number of rotatable bonds is 1. The number of hydrogen-bond acceptors (Lipinski definition) is 1. The predicted molar refractivity (Wildman–Crippen MR) is 62.2 cm³/mol. The molecule has 3 heteroatoms. The minimum atomic E-state index is -0.460. The van der Waals surface area contributed by atoms with Crippen LogP contribution in [0.2, 0.25) is 0 Å². The fourth-order valence-corrected chi connectivity index (χ4v) is 2.21. The fourth-order valence-electron chi connectivity index (χ4n) is 2.21. The highest BCUT2D eigenvalue weighted by molar-refractivity contribution is 5.99. The summed E-state index contributed by atoms with van der Waals surface area (Å²) in [6, 6.07) is 14.0. The van der Waals surface area contributed by atoms with Gasteiger partial charge in [-0.1, -0.05) is 42.5 Å². The summed E-state index contributed by atoms with van der Waals surface area (Å²) in [5.74, 6) is -0.801. The lowest BCUT2D eigenvalue weighted by molar-refractivity contribution is 0.0957. The summed E-state index contributed by atoms with van der Waals surface area (Å²) in [6.45, 7) is 0.